The average Bonchev–Trinajstić information content (AvgIpc) is 2.50. The van der Waals surface area contributed by atoms with Crippen LogP contribution in [-0.4, -0.2) is 18.4 Å². The molecule has 62 valence electrons. The molecule has 0 atom stereocenters. The first kappa shape index (κ1) is 8.67. The number of nitrogens with one attached hydrogen (secondary N) is 1. The fourth-order valence-corrected chi connectivity index (χ4v) is 1.33. The zero-order valence-corrected chi connectivity index (χ0v) is 6.93. The van der Waals surface area contributed by atoms with Crippen LogP contribution in [0.15, 0.2) is 17.5 Å². The molecule has 3 nitrogen and oxygen atoms in total. The van der Waals surface area contributed by atoms with E-state index in [1.807, 2.05) is 23.0 Å². The van der Waals surface area contributed by atoms with E-state index in [1.165, 1.54) is 4.88 Å². The second-order valence-electron chi connectivity index (χ2n) is 2.04. The lowest BCUT2D eigenvalue weighted by Gasteiger charge is -1.99. The lowest BCUT2D eigenvalue weighted by molar-refractivity contribution is 0.0833. The van der Waals surface area contributed by atoms with Gasteiger partial charge < -0.3 is 9.94 Å². The highest BCUT2D eigenvalue weighted by atomic mass is 32.1. The third-order valence-electron chi connectivity index (χ3n) is 1.18. The van der Waals surface area contributed by atoms with Gasteiger partial charge in [-0.25, -0.2) is 5.48 Å². The molecular weight excluding hydrogens is 162 g/mol. The second kappa shape index (κ2) is 5.26. The van der Waals surface area contributed by atoms with E-state index in [9.17, 15) is 0 Å². The SMILES string of the molecule is ONCCOCc1cccs1. The maximum Gasteiger partial charge on any atom is 0.0810 e. The molecule has 0 radical (unpaired) electrons. The normalized spacial score (nSPS) is 10.3. The third kappa shape index (κ3) is 3.48. The first-order chi connectivity index (χ1) is 5.43. The number of thiophene rings is 1. The van der Waals surface area contributed by atoms with Gasteiger partial charge in [0.05, 0.1) is 13.2 Å². The maximum absolute atomic E-state index is 8.20. The smallest absolute Gasteiger partial charge is 0.0810 e. The first-order valence-corrected chi connectivity index (χ1v) is 4.28. The summed E-state index contributed by atoms with van der Waals surface area (Å²) in [4.78, 5) is 1.21. The van der Waals surface area contributed by atoms with Crippen molar-refractivity contribution < 1.29 is 9.94 Å². The van der Waals surface area contributed by atoms with Crippen LogP contribution in [0.5, 0.6) is 0 Å². The Balaban J connectivity index is 2.04. The van der Waals surface area contributed by atoms with Crippen LogP contribution in [0.3, 0.4) is 0 Å². The fraction of sp³-hybridized carbons (Fsp3) is 0.429. The molecule has 0 aliphatic heterocycles. The van der Waals surface area contributed by atoms with Gasteiger partial charge in [-0.15, -0.1) is 11.3 Å². The molecule has 0 aliphatic carbocycles. The topological polar surface area (TPSA) is 41.5 Å². The predicted octanol–water partition coefficient (Wildman–Crippen LogP) is 1.24. The van der Waals surface area contributed by atoms with E-state index < -0.39 is 0 Å². The molecule has 0 fully saturated rings. The maximum atomic E-state index is 8.20. The highest BCUT2D eigenvalue weighted by Gasteiger charge is 1.91. The van der Waals surface area contributed by atoms with Crippen molar-refractivity contribution in [1.29, 1.82) is 0 Å². The van der Waals surface area contributed by atoms with Crippen molar-refractivity contribution in [2.45, 2.75) is 6.61 Å². The molecule has 0 unspecified atom stereocenters. The van der Waals surface area contributed by atoms with Gasteiger partial charge in [0.1, 0.15) is 0 Å². The molecule has 2 N–H and O–H groups in total. The Morgan fingerprint density at radius 3 is 3.18 bits per heavy atom. The molecule has 0 saturated carbocycles. The van der Waals surface area contributed by atoms with Gasteiger partial charge in [-0.05, 0) is 11.4 Å². The Labute approximate surface area is 69.6 Å². The molecule has 1 aromatic heterocycles. The lowest BCUT2D eigenvalue weighted by Crippen LogP contribution is -2.14. The minimum absolute atomic E-state index is 0.478. The molecule has 0 aromatic carbocycles. The lowest BCUT2D eigenvalue weighted by atomic mass is 10.5. The zero-order valence-electron chi connectivity index (χ0n) is 6.12. The summed E-state index contributed by atoms with van der Waals surface area (Å²) in [5.74, 6) is 0. The molecule has 0 bridgehead atoms. The van der Waals surface area contributed by atoms with Gasteiger partial charge in [0.25, 0.3) is 0 Å². The predicted molar refractivity (Wildman–Crippen MR) is 43.8 cm³/mol. The van der Waals surface area contributed by atoms with Crippen molar-refractivity contribution in [3.63, 3.8) is 0 Å². The Bertz CT molecular complexity index is 177. The van der Waals surface area contributed by atoms with Crippen molar-refractivity contribution in [2.75, 3.05) is 13.2 Å². The van der Waals surface area contributed by atoms with E-state index in [2.05, 4.69) is 0 Å². The minimum Gasteiger partial charge on any atom is -0.375 e. The van der Waals surface area contributed by atoms with Crippen LogP contribution in [0, 0.1) is 0 Å². The van der Waals surface area contributed by atoms with E-state index in [1.54, 1.807) is 11.3 Å². The van der Waals surface area contributed by atoms with E-state index in [4.69, 9.17) is 9.94 Å². The molecule has 0 aliphatic rings. The standard InChI is InChI=1S/C7H11NO2S/c9-8-3-4-10-6-7-2-1-5-11-7/h1-2,5,8-9H,3-4,6H2. The summed E-state index contributed by atoms with van der Waals surface area (Å²) < 4.78 is 5.21. The largest absolute Gasteiger partial charge is 0.375 e. The summed E-state index contributed by atoms with van der Waals surface area (Å²) >= 11 is 1.67. The Kier molecular flexibility index (Phi) is 4.15. The van der Waals surface area contributed by atoms with Crippen LogP contribution >= 0.6 is 11.3 Å². The summed E-state index contributed by atoms with van der Waals surface area (Å²) in [6.45, 7) is 1.65. The van der Waals surface area contributed by atoms with Gasteiger partial charge in [-0.2, -0.15) is 0 Å². The first-order valence-electron chi connectivity index (χ1n) is 3.40. The Morgan fingerprint density at radius 1 is 1.64 bits per heavy atom. The van der Waals surface area contributed by atoms with Crippen LogP contribution < -0.4 is 5.48 Å². The quantitative estimate of drug-likeness (QED) is 0.520. The zero-order chi connectivity index (χ0) is 7.94. The molecular formula is C7H11NO2S. The number of hydrogen-bond acceptors (Lipinski definition) is 4. The van der Waals surface area contributed by atoms with Crippen LogP contribution in [0.25, 0.3) is 0 Å². The fourth-order valence-electron chi connectivity index (χ4n) is 0.685. The van der Waals surface area contributed by atoms with Crippen LogP contribution in [-0.2, 0) is 11.3 Å². The molecule has 11 heavy (non-hydrogen) atoms. The number of ether oxygens (including phenoxy) is 1. The monoisotopic (exact) mass is 173 g/mol. The van der Waals surface area contributed by atoms with Crippen LogP contribution in [0.1, 0.15) is 4.88 Å². The summed E-state index contributed by atoms with van der Waals surface area (Å²) in [6, 6.07) is 4.02. The summed E-state index contributed by atoms with van der Waals surface area (Å²) in [5.41, 5.74) is 2.03. The van der Waals surface area contributed by atoms with E-state index in [0.717, 1.165) is 0 Å². The summed E-state index contributed by atoms with van der Waals surface area (Å²) in [6.07, 6.45) is 0. The van der Waals surface area contributed by atoms with E-state index in [-0.39, 0.29) is 0 Å². The van der Waals surface area contributed by atoms with Gasteiger partial charge >= 0.3 is 0 Å². The van der Waals surface area contributed by atoms with Gasteiger partial charge in [0, 0.05) is 11.4 Å². The molecule has 1 rings (SSSR count). The van der Waals surface area contributed by atoms with Crippen molar-refractivity contribution in [1.82, 2.24) is 5.48 Å². The van der Waals surface area contributed by atoms with Gasteiger partial charge in [-0.3, -0.25) is 0 Å². The Hall–Kier alpha value is -0.420. The molecule has 0 amide bonds. The van der Waals surface area contributed by atoms with E-state index in [0.29, 0.717) is 19.8 Å². The minimum atomic E-state index is 0.478. The Morgan fingerprint density at radius 2 is 2.55 bits per heavy atom. The van der Waals surface area contributed by atoms with Crippen molar-refractivity contribution in [2.24, 2.45) is 0 Å². The van der Waals surface area contributed by atoms with Gasteiger partial charge in [0.15, 0.2) is 0 Å². The highest BCUT2D eigenvalue weighted by molar-refractivity contribution is 7.09. The molecule has 0 spiro atoms. The van der Waals surface area contributed by atoms with Crippen LogP contribution in [0.2, 0.25) is 0 Å². The van der Waals surface area contributed by atoms with Gasteiger partial charge in [-0.1, -0.05) is 6.07 Å². The van der Waals surface area contributed by atoms with Crippen molar-refractivity contribution in [3.8, 4) is 0 Å². The van der Waals surface area contributed by atoms with E-state index >= 15 is 0 Å². The number of rotatable bonds is 5. The number of hydroxylamine groups is 1. The summed E-state index contributed by atoms with van der Waals surface area (Å²) in [5, 5.41) is 10.2. The summed E-state index contributed by atoms with van der Waals surface area (Å²) in [7, 11) is 0. The van der Waals surface area contributed by atoms with Crippen molar-refractivity contribution >= 4 is 11.3 Å². The molecule has 1 aromatic rings. The van der Waals surface area contributed by atoms with Gasteiger partial charge in [0.2, 0.25) is 0 Å². The third-order valence-corrected chi connectivity index (χ3v) is 2.03. The average molecular weight is 173 g/mol. The van der Waals surface area contributed by atoms with Crippen molar-refractivity contribution in [3.05, 3.63) is 22.4 Å². The molecule has 0 saturated heterocycles. The molecule has 1 heterocycles. The second-order valence-corrected chi connectivity index (χ2v) is 3.07. The van der Waals surface area contributed by atoms with Crippen LogP contribution in [0.4, 0.5) is 0 Å². The molecule has 4 heteroatoms. The highest BCUT2D eigenvalue weighted by Crippen LogP contribution is 2.08. The number of hydrogen-bond donors (Lipinski definition) is 2.